The molecule has 0 aliphatic carbocycles. The van der Waals surface area contributed by atoms with Crippen LogP contribution in [0, 0.1) is 5.82 Å². The van der Waals surface area contributed by atoms with Crippen LogP contribution in [0.3, 0.4) is 0 Å². The van der Waals surface area contributed by atoms with Gasteiger partial charge in [0.1, 0.15) is 18.2 Å². The Hall–Kier alpha value is -1.87. The van der Waals surface area contributed by atoms with Gasteiger partial charge in [-0.15, -0.1) is 0 Å². The minimum Gasteiger partial charge on any atom is -0.489 e. The van der Waals surface area contributed by atoms with Crippen molar-refractivity contribution in [3.8, 4) is 5.75 Å². The number of rotatable bonds is 4. The molecule has 2 rings (SSSR count). The number of hydrogen-bond donors (Lipinski definition) is 1. The largest absolute Gasteiger partial charge is 0.489 e. The van der Waals surface area contributed by atoms with Gasteiger partial charge < -0.3 is 10.5 Å². The average Bonchev–Trinajstić information content (AvgIpc) is 2.38. The second-order valence-corrected chi connectivity index (χ2v) is 4.25. The van der Waals surface area contributed by atoms with Gasteiger partial charge in [-0.2, -0.15) is 0 Å². The van der Waals surface area contributed by atoms with Gasteiger partial charge in [0.2, 0.25) is 0 Å². The molecule has 0 aliphatic heterocycles. The molecule has 0 bridgehead atoms. The summed E-state index contributed by atoms with van der Waals surface area (Å²) in [6.45, 7) is 2.26. The average molecular weight is 245 g/mol. The third kappa shape index (κ3) is 3.08. The zero-order chi connectivity index (χ0) is 13.0. The van der Waals surface area contributed by atoms with Crippen LogP contribution in [0.2, 0.25) is 0 Å². The van der Waals surface area contributed by atoms with Gasteiger partial charge in [0.05, 0.1) is 0 Å². The van der Waals surface area contributed by atoms with Crippen molar-refractivity contribution >= 4 is 0 Å². The quantitative estimate of drug-likeness (QED) is 0.895. The van der Waals surface area contributed by atoms with E-state index >= 15 is 0 Å². The van der Waals surface area contributed by atoms with Gasteiger partial charge in [0.25, 0.3) is 0 Å². The Labute approximate surface area is 106 Å². The van der Waals surface area contributed by atoms with Gasteiger partial charge in [0.15, 0.2) is 0 Å². The topological polar surface area (TPSA) is 35.2 Å². The lowest BCUT2D eigenvalue weighted by molar-refractivity contribution is 0.301. The van der Waals surface area contributed by atoms with E-state index in [-0.39, 0.29) is 11.9 Å². The summed E-state index contributed by atoms with van der Waals surface area (Å²) in [7, 11) is 0. The van der Waals surface area contributed by atoms with Crippen LogP contribution >= 0.6 is 0 Å². The summed E-state index contributed by atoms with van der Waals surface area (Å²) in [4.78, 5) is 0. The summed E-state index contributed by atoms with van der Waals surface area (Å²) < 4.78 is 18.9. The Kier molecular flexibility index (Phi) is 3.95. The normalized spacial score (nSPS) is 12.2. The van der Waals surface area contributed by atoms with Crippen molar-refractivity contribution in [2.75, 3.05) is 0 Å². The van der Waals surface area contributed by atoms with Crippen LogP contribution in [0.1, 0.15) is 24.1 Å². The van der Waals surface area contributed by atoms with Crippen LogP contribution < -0.4 is 10.5 Å². The molecule has 2 nitrogen and oxygen atoms in total. The van der Waals surface area contributed by atoms with Gasteiger partial charge in [-0.25, -0.2) is 4.39 Å². The van der Waals surface area contributed by atoms with Gasteiger partial charge in [-0.3, -0.25) is 0 Å². The van der Waals surface area contributed by atoms with E-state index in [0.29, 0.717) is 17.9 Å². The van der Waals surface area contributed by atoms with Gasteiger partial charge in [-0.05, 0) is 30.7 Å². The highest BCUT2D eigenvalue weighted by atomic mass is 19.1. The monoisotopic (exact) mass is 245 g/mol. The highest BCUT2D eigenvalue weighted by molar-refractivity contribution is 5.36. The predicted octanol–water partition coefficient (Wildman–Crippen LogP) is 3.42. The Balaban J connectivity index is 2.14. The molecule has 0 spiro atoms. The molecule has 2 aromatic rings. The second-order valence-electron chi connectivity index (χ2n) is 4.25. The van der Waals surface area contributed by atoms with E-state index in [9.17, 15) is 4.39 Å². The zero-order valence-electron chi connectivity index (χ0n) is 10.3. The molecule has 94 valence electrons. The van der Waals surface area contributed by atoms with Crippen LogP contribution in [0.25, 0.3) is 0 Å². The van der Waals surface area contributed by atoms with Crippen LogP contribution in [0.15, 0.2) is 48.5 Å². The van der Waals surface area contributed by atoms with E-state index < -0.39 is 0 Å². The fourth-order valence-electron chi connectivity index (χ4n) is 1.74. The molecule has 1 atom stereocenters. The molecule has 0 aliphatic rings. The van der Waals surface area contributed by atoms with Crippen LogP contribution in [-0.2, 0) is 6.61 Å². The van der Waals surface area contributed by atoms with Gasteiger partial charge >= 0.3 is 0 Å². The SMILES string of the molecule is CC(N)c1cc(F)ccc1OCc1ccccc1. The molecule has 0 heterocycles. The Morgan fingerprint density at radius 1 is 1.17 bits per heavy atom. The molecule has 0 fully saturated rings. The first kappa shape index (κ1) is 12.6. The van der Waals surface area contributed by atoms with Crippen molar-refractivity contribution in [1.82, 2.24) is 0 Å². The lowest BCUT2D eigenvalue weighted by Gasteiger charge is -2.14. The first-order valence-electron chi connectivity index (χ1n) is 5.88. The summed E-state index contributed by atoms with van der Waals surface area (Å²) in [5, 5.41) is 0. The van der Waals surface area contributed by atoms with Crippen molar-refractivity contribution in [3.05, 3.63) is 65.5 Å². The maximum Gasteiger partial charge on any atom is 0.124 e. The number of halogens is 1. The van der Waals surface area contributed by atoms with E-state index in [1.807, 2.05) is 37.3 Å². The maximum atomic E-state index is 13.2. The highest BCUT2D eigenvalue weighted by Crippen LogP contribution is 2.25. The van der Waals surface area contributed by atoms with E-state index in [1.54, 1.807) is 6.07 Å². The summed E-state index contributed by atoms with van der Waals surface area (Å²) >= 11 is 0. The second kappa shape index (κ2) is 5.65. The third-order valence-corrected chi connectivity index (χ3v) is 2.70. The minimum absolute atomic E-state index is 0.258. The van der Waals surface area contributed by atoms with Crippen LogP contribution in [0.4, 0.5) is 4.39 Å². The molecule has 18 heavy (non-hydrogen) atoms. The highest BCUT2D eigenvalue weighted by Gasteiger charge is 2.09. The van der Waals surface area contributed by atoms with E-state index in [4.69, 9.17) is 10.5 Å². The van der Waals surface area contributed by atoms with Crippen LogP contribution in [0.5, 0.6) is 5.75 Å². The molecular formula is C15H16FNO. The van der Waals surface area contributed by atoms with Crippen molar-refractivity contribution in [2.24, 2.45) is 5.73 Å². The van der Waals surface area contributed by atoms with Crippen molar-refractivity contribution in [1.29, 1.82) is 0 Å². The predicted molar refractivity (Wildman–Crippen MR) is 69.8 cm³/mol. The number of hydrogen-bond acceptors (Lipinski definition) is 2. The molecule has 2 aromatic carbocycles. The molecule has 2 N–H and O–H groups in total. The lowest BCUT2D eigenvalue weighted by atomic mass is 10.1. The Morgan fingerprint density at radius 2 is 1.89 bits per heavy atom. The molecule has 0 amide bonds. The standard InChI is InChI=1S/C15H16FNO/c1-11(17)14-9-13(16)7-8-15(14)18-10-12-5-3-2-4-6-12/h2-9,11H,10,17H2,1H3. The van der Waals surface area contributed by atoms with Crippen LogP contribution in [-0.4, -0.2) is 0 Å². The van der Waals surface area contributed by atoms with E-state index in [0.717, 1.165) is 5.56 Å². The summed E-state index contributed by atoms with van der Waals surface area (Å²) in [6.07, 6.45) is 0. The van der Waals surface area contributed by atoms with Gasteiger partial charge in [0, 0.05) is 11.6 Å². The first-order chi connectivity index (χ1) is 8.66. The van der Waals surface area contributed by atoms with Crippen molar-refractivity contribution in [3.63, 3.8) is 0 Å². The molecule has 1 unspecified atom stereocenters. The number of nitrogens with two attached hydrogens (primary N) is 1. The van der Waals surface area contributed by atoms with E-state index in [1.165, 1.54) is 12.1 Å². The fourth-order valence-corrected chi connectivity index (χ4v) is 1.74. The van der Waals surface area contributed by atoms with Gasteiger partial charge in [-0.1, -0.05) is 30.3 Å². The molecular weight excluding hydrogens is 229 g/mol. The first-order valence-corrected chi connectivity index (χ1v) is 5.88. The molecule has 0 saturated heterocycles. The third-order valence-electron chi connectivity index (χ3n) is 2.70. The summed E-state index contributed by atoms with van der Waals surface area (Å²) in [5.74, 6) is 0.338. The van der Waals surface area contributed by atoms with E-state index in [2.05, 4.69) is 0 Å². The fraction of sp³-hybridized carbons (Fsp3) is 0.200. The molecule has 0 radical (unpaired) electrons. The molecule has 0 saturated carbocycles. The smallest absolute Gasteiger partial charge is 0.124 e. The maximum absolute atomic E-state index is 13.2. The van der Waals surface area contributed by atoms with Crippen molar-refractivity contribution in [2.45, 2.75) is 19.6 Å². The Bertz CT molecular complexity index is 511. The number of ether oxygens (including phenoxy) is 1. The molecule has 0 aromatic heterocycles. The Morgan fingerprint density at radius 3 is 2.56 bits per heavy atom. The summed E-state index contributed by atoms with van der Waals surface area (Å²) in [6, 6.07) is 14.0. The number of benzene rings is 2. The molecule has 3 heteroatoms. The summed E-state index contributed by atoms with van der Waals surface area (Å²) in [5.41, 5.74) is 7.56. The zero-order valence-corrected chi connectivity index (χ0v) is 10.3. The van der Waals surface area contributed by atoms with Crippen molar-refractivity contribution < 1.29 is 9.13 Å². The minimum atomic E-state index is -0.297. The lowest BCUT2D eigenvalue weighted by Crippen LogP contribution is -2.08.